The standard InChI is InChI=1S/C12H14FNO2/c13-10-2-1-9(8-3-4-14-7-8)11-12(10)16-6-5-15-11/h1-2,8,14H,3-7H2. The molecule has 0 radical (unpaired) electrons. The molecule has 16 heavy (non-hydrogen) atoms. The summed E-state index contributed by atoms with van der Waals surface area (Å²) in [6.07, 6.45) is 1.07. The van der Waals surface area contributed by atoms with Crippen molar-refractivity contribution in [3.63, 3.8) is 0 Å². The summed E-state index contributed by atoms with van der Waals surface area (Å²) >= 11 is 0. The fraction of sp³-hybridized carbons (Fsp3) is 0.500. The van der Waals surface area contributed by atoms with Crippen LogP contribution in [0.25, 0.3) is 0 Å². The van der Waals surface area contributed by atoms with Gasteiger partial charge >= 0.3 is 0 Å². The second-order valence-corrected chi connectivity index (χ2v) is 4.18. The molecule has 1 fully saturated rings. The molecule has 1 aromatic rings. The number of benzene rings is 1. The number of nitrogens with one attached hydrogen (secondary N) is 1. The smallest absolute Gasteiger partial charge is 0.197 e. The summed E-state index contributed by atoms with van der Waals surface area (Å²) in [5.41, 5.74) is 1.07. The number of halogens is 1. The quantitative estimate of drug-likeness (QED) is 0.785. The molecule has 0 amide bonds. The molecular weight excluding hydrogens is 209 g/mol. The van der Waals surface area contributed by atoms with Crippen molar-refractivity contribution in [3.05, 3.63) is 23.5 Å². The third kappa shape index (κ3) is 1.53. The molecule has 2 heterocycles. The highest BCUT2D eigenvalue weighted by atomic mass is 19.1. The maximum absolute atomic E-state index is 13.5. The van der Waals surface area contributed by atoms with Crippen LogP contribution in [0.3, 0.4) is 0 Å². The zero-order valence-corrected chi connectivity index (χ0v) is 8.96. The number of hydrogen-bond acceptors (Lipinski definition) is 3. The molecule has 2 aliphatic heterocycles. The number of fused-ring (bicyclic) bond motifs is 1. The fourth-order valence-corrected chi connectivity index (χ4v) is 2.37. The van der Waals surface area contributed by atoms with Gasteiger partial charge in [0.25, 0.3) is 0 Å². The lowest BCUT2D eigenvalue weighted by atomic mass is 9.96. The van der Waals surface area contributed by atoms with E-state index in [1.807, 2.05) is 6.07 Å². The molecule has 1 saturated heterocycles. The van der Waals surface area contributed by atoms with E-state index in [0.29, 0.717) is 24.9 Å². The monoisotopic (exact) mass is 223 g/mol. The van der Waals surface area contributed by atoms with Gasteiger partial charge in [-0.1, -0.05) is 6.07 Å². The molecule has 0 spiro atoms. The van der Waals surface area contributed by atoms with Gasteiger partial charge in [-0.25, -0.2) is 4.39 Å². The van der Waals surface area contributed by atoms with Crippen molar-refractivity contribution < 1.29 is 13.9 Å². The molecule has 4 heteroatoms. The van der Waals surface area contributed by atoms with E-state index in [0.717, 1.165) is 25.1 Å². The van der Waals surface area contributed by atoms with Gasteiger partial charge in [0.05, 0.1) is 0 Å². The maximum Gasteiger partial charge on any atom is 0.197 e. The van der Waals surface area contributed by atoms with Crippen molar-refractivity contribution in [1.29, 1.82) is 0 Å². The molecule has 0 aromatic heterocycles. The van der Waals surface area contributed by atoms with Crippen LogP contribution in [0.15, 0.2) is 12.1 Å². The Balaban J connectivity index is 2.04. The summed E-state index contributed by atoms with van der Waals surface area (Å²) in [6.45, 7) is 2.87. The van der Waals surface area contributed by atoms with E-state index >= 15 is 0 Å². The first-order valence-electron chi connectivity index (χ1n) is 5.65. The van der Waals surface area contributed by atoms with Crippen LogP contribution >= 0.6 is 0 Å². The van der Waals surface area contributed by atoms with E-state index in [1.54, 1.807) is 0 Å². The maximum atomic E-state index is 13.5. The molecule has 0 aliphatic carbocycles. The predicted molar refractivity (Wildman–Crippen MR) is 57.6 cm³/mol. The Morgan fingerprint density at radius 2 is 2.00 bits per heavy atom. The lowest BCUT2D eigenvalue weighted by Gasteiger charge is -2.23. The Kier molecular flexibility index (Phi) is 2.44. The molecule has 3 rings (SSSR count). The van der Waals surface area contributed by atoms with Crippen LogP contribution in [0.1, 0.15) is 17.9 Å². The highest BCUT2D eigenvalue weighted by molar-refractivity contribution is 5.50. The predicted octanol–water partition coefficient (Wildman–Crippen LogP) is 1.67. The summed E-state index contributed by atoms with van der Waals surface area (Å²) < 4.78 is 24.4. The Morgan fingerprint density at radius 3 is 2.75 bits per heavy atom. The summed E-state index contributed by atoms with van der Waals surface area (Å²) in [6, 6.07) is 3.29. The van der Waals surface area contributed by atoms with Gasteiger partial charge in [0.1, 0.15) is 13.2 Å². The van der Waals surface area contributed by atoms with Crippen molar-refractivity contribution in [1.82, 2.24) is 5.32 Å². The third-order valence-electron chi connectivity index (χ3n) is 3.17. The van der Waals surface area contributed by atoms with Crippen LogP contribution in [0.2, 0.25) is 0 Å². The number of hydrogen-bond donors (Lipinski definition) is 1. The van der Waals surface area contributed by atoms with Crippen LogP contribution in [-0.4, -0.2) is 26.3 Å². The number of rotatable bonds is 1. The second kappa shape index (κ2) is 3.94. The zero-order chi connectivity index (χ0) is 11.0. The highest BCUT2D eigenvalue weighted by Crippen LogP contribution is 2.41. The van der Waals surface area contributed by atoms with Crippen LogP contribution in [0.4, 0.5) is 4.39 Å². The Bertz CT molecular complexity index is 402. The van der Waals surface area contributed by atoms with Gasteiger partial charge in [0.15, 0.2) is 17.3 Å². The topological polar surface area (TPSA) is 30.5 Å². The Hall–Kier alpha value is -1.29. The molecule has 1 N–H and O–H groups in total. The van der Waals surface area contributed by atoms with Crippen LogP contribution in [0.5, 0.6) is 11.5 Å². The minimum Gasteiger partial charge on any atom is -0.486 e. The molecule has 1 atom stereocenters. The lowest BCUT2D eigenvalue weighted by Crippen LogP contribution is -2.19. The van der Waals surface area contributed by atoms with E-state index in [-0.39, 0.29) is 11.6 Å². The SMILES string of the molecule is Fc1ccc(C2CCNC2)c2c1OCCO2. The van der Waals surface area contributed by atoms with Crippen molar-refractivity contribution in [3.8, 4) is 11.5 Å². The van der Waals surface area contributed by atoms with Gasteiger partial charge in [-0.2, -0.15) is 0 Å². The summed E-state index contributed by atoms with van der Waals surface area (Å²) in [4.78, 5) is 0. The van der Waals surface area contributed by atoms with Crippen molar-refractivity contribution in [2.24, 2.45) is 0 Å². The van der Waals surface area contributed by atoms with Crippen molar-refractivity contribution in [2.75, 3.05) is 26.3 Å². The second-order valence-electron chi connectivity index (χ2n) is 4.18. The molecule has 1 aromatic carbocycles. The molecule has 2 aliphatic rings. The zero-order valence-electron chi connectivity index (χ0n) is 8.96. The first-order valence-corrected chi connectivity index (χ1v) is 5.65. The van der Waals surface area contributed by atoms with E-state index < -0.39 is 0 Å². The minimum atomic E-state index is -0.329. The van der Waals surface area contributed by atoms with Crippen LogP contribution in [0, 0.1) is 5.82 Å². The highest BCUT2D eigenvalue weighted by Gasteiger charge is 2.26. The van der Waals surface area contributed by atoms with Crippen molar-refractivity contribution in [2.45, 2.75) is 12.3 Å². The normalized spacial score (nSPS) is 23.4. The molecule has 86 valence electrons. The molecule has 0 saturated carbocycles. The van der Waals surface area contributed by atoms with Crippen LogP contribution < -0.4 is 14.8 Å². The van der Waals surface area contributed by atoms with Gasteiger partial charge in [0.2, 0.25) is 0 Å². The average molecular weight is 223 g/mol. The van der Waals surface area contributed by atoms with Gasteiger partial charge < -0.3 is 14.8 Å². The summed E-state index contributed by atoms with van der Waals surface area (Å²) in [5, 5.41) is 3.30. The summed E-state index contributed by atoms with van der Waals surface area (Å²) in [7, 11) is 0. The van der Waals surface area contributed by atoms with Gasteiger partial charge in [-0.3, -0.25) is 0 Å². The Labute approximate surface area is 93.6 Å². The minimum absolute atomic E-state index is 0.288. The molecular formula is C12H14FNO2. The van der Waals surface area contributed by atoms with Crippen LogP contribution in [-0.2, 0) is 0 Å². The third-order valence-corrected chi connectivity index (χ3v) is 3.17. The van der Waals surface area contributed by atoms with E-state index in [9.17, 15) is 4.39 Å². The average Bonchev–Trinajstić information content (AvgIpc) is 2.83. The molecule has 0 bridgehead atoms. The van der Waals surface area contributed by atoms with Gasteiger partial charge in [-0.15, -0.1) is 0 Å². The lowest BCUT2D eigenvalue weighted by molar-refractivity contribution is 0.162. The van der Waals surface area contributed by atoms with Gasteiger partial charge in [-0.05, 0) is 19.0 Å². The van der Waals surface area contributed by atoms with E-state index in [4.69, 9.17) is 9.47 Å². The first kappa shape index (κ1) is 9.90. The first-order chi connectivity index (χ1) is 7.86. The molecule has 1 unspecified atom stereocenters. The number of ether oxygens (including phenoxy) is 2. The van der Waals surface area contributed by atoms with E-state index in [1.165, 1.54) is 6.07 Å². The largest absolute Gasteiger partial charge is 0.486 e. The van der Waals surface area contributed by atoms with Gasteiger partial charge in [0, 0.05) is 18.0 Å². The van der Waals surface area contributed by atoms with E-state index in [2.05, 4.69) is 5.32 Å². The van der Waals surface area contributed by atoms with Crippen molar-refractivity contribution >= 4 is 0 Å². The fourth-order valence-electron chi connectivity index (χ4n) is 2.37. The summed E-state index contributed by atoms with van der Waals surface area (Å²) in [5.74, 6) is 0.982. The Morgan fingerprint density at radius 1 is 1.19 bits per heavy atom. The molecule has 3 nitrogen and oxygen atoms in total.